The van der Waals surface area contributed by atoms with Crippen molar-refractivity contribution in [2.75, 3.05) is 11.9 Å². The quantitative estimate of drug-likeness (QED) is 0.859. The number of aryl methyl sites for hydroxylation is 1. The smallest absolute Gasteiger partial charge is 0.127 e. The maximum absolute atomic E-state index is 5.45. The van der Waals surface area contributed by atoms with Gasteiger partial charge >= 0.3 is 0 Å². The van der Waals surface area contributed by atoms with Gasteiger partial charge in [0, 0.05) is 31.2 Å². The molecule has 0 fully saturated rings. The Bertz CT molecular complexity index is 479. The summed E-state index contributed by atoms with van der Waals surface area (Å²) in [5.74, 6) is 1.89. The van der Waals surface area contributed by atoms with Crippen LogP contribution >= 0.6 is 0 Å². The van der Waals surface area contributed by atoms with Crippen LogP contribution in [0.25, 0.3) is 0 Å². The van der Waals surface area contributed by atoms with E-state index in [9.17, 15) is 0 Å². The highest BCUT2D eigenvalue weighted by Crippen LogP contribution is 2.17. The number of nitrogens with zero attached hydrogens (tertiary/aromatic N) is 2. The standard InChI is InChI=1S/C13H17N3O/c1-3-17-12-6-4-5-11(9-12)15-10-13-14-7-8-16(13)2/h4-9,15H,3,10H2,1-2H3. The zero-order chi connectivity index (χ0) is 12.1. The van der Waals surface area contributed by atoms with Crippen LogP contribution in [0.2, 0.25) is 0 Å². The molecule has 4 nitrogen and oxygen atoms in total. The van der Waals surface area contributed by atoms with E-state index < -0.39 is 0 Å². The molecule has 0 unspecified atom stereocenters. The molecule has 0 saturated carbocycles. The van der Waals surface area contributed by atoms with Crippen molar-refractivity contribution < 1.29 is 4.74 Å². The van der Waals surface area contributed by atoms with Gasteiger partial charge in [-0.05, 0) is 19.1 Å². The number of imidazole rings is 1. The second kappa shape index (κ2) is 5.39. The first-order chi connectivity index (χ1) is 8.29. The van der Waals surface area contributed by atoms with E-state index in [2.05, 4.69) is 10.3 Å². The first kappa shape index (κ1) is 11.5. The first-order valence-corrected chi connectivity index (χ1v) is 5.72. The minimum absolute atomic E-state index is 0.683. The fourth-order valence-electron chi connectivity index (χ4n) is 1.61. The van der Waals surface area contributed by atoms with Gasteiger partial charge in [0.2, 0.25) is 0 Å². The predicted octanol–water partition coefficient (Wildman–Crippen LogP) is 2.43. The molecule has 0 aliphatic rings. The lowest BCUT2D eigenvalue weighted by atomic mass is 10.3. The van der Waals surface area contributed by atoms with Crippen LogP contribution in [0.5, 0.6) is 5.75 Å². The predicted molar refractivity (Wildman–Crippen MR) is 68.1 cm³/mol. The summed E-state index contributed by atoms with van der Waals surface area (Å²) < 4.78 is 7.45. The van der Waals surface area contributed by atoms with Crippen LogP contribution in [0.3, 0.4) is 0 Å². The second-order valence-electron chi connectivity index (χ2n) is 3.77. The first-order valence-electron chi connectivity index (χ1n) is 5.72. The van der Waals surface area contributed by atoms with Crippen LogP contribution in [0.15, 0.2) is 36.7 Å². The molecule has 2 aromatic rings. The van der Waals surface area contributed by atoms with Crippen molar-refractivity contribution in [3.8, 4) is 5.75 Å². The molecule has 4 heteroatoms. The Kier molecular flexibility index (Phi) is 3.65. The minimum Gasteiger partial charge on any atom is -0.494 e. The van der Waals surface area contributed by atoms with E-state index in [0.29, 0.717) is 13.2 Å². The van der Waals surface area contributed by atoms with Gasteiger partial charge in [0.25, 0.3) is 0 Å². The fourth-order valence-corrected chi connectivity index (χ4v) is 1.61. The molecule has 0 aliphatic heterocycles. The highest BCUT2D eigenvalue weighted by Gasteiger charge is 2.00. The summed E-state index contributed by atoms with van der Waals surface area (Å²) >= 11 is 0. The second-order valence-corrected chi connectivity index (χ2v) is 3.77. The Morgan fingerprint density at radius 1 is 1.41 bits per heavy atom. The fraction of sp³-hybridized carbons (Fsp3) is 0.308. The Morgan fingerprint density at radius 2 is 2.29 bits per heavy atom. The largest absolute Gasteiger partial charge is 0.494 e. The molecule has 2 rings (SSSR count). The lowest BCUT2D eigenvalue weighted by molar-refractivity contribution is 0.340. The summed E-state index contributed by atoms with van der Waals surface area (Å²) in [4.78, 5) is 4.26. The summed E-state index contributed by atoms with van der Waals surface area (Å²) in [7, 11) is 1.99. The molecule has 0 spiro atoms. The number of hydrogen-bond donors (Lipinski definition) is 1. The van der Waals surface area contributed by atoms with E-state index in [1.807, 2.05) is 49.0 Å². The van der Waals surface area contributed by atoms with Crippen molar-refractivity contribution in [2.45, 2.75) is 13.5 Å². The van der Waals surface area contributed by atoms with Crippen LogP contribution in [0.1, 0.15) is 12.7 Å². The van der Waals surface area contributed by atoms with Crippen molar-refractivity contribution in [2.24, 2.45) is 7.05 Å². The SMILES string of the molecule is CCOc1cccc(NCc2nccn2C)c1. The van der Waals surface area contributed by atoms with Gasteiger partial charge in [0.05, 0.1) is 13.2 Å². The number of anilines is 1. The third-order valence-corrected chi connectivity index (χ3v) is 2.52. The molecule has 1 N–H and O–H groups in total. The van der Waals surface area contributed by atoms with Gasteiger partial charge < -0.3 is 14.6 Å². The lowest BCUT2D eigenvalue weighted by Crippen LogP contribution is -2.05. The normalized spacial score (nSPS) is 10.2. The van der Waals surface area contributed by atoms with Crippen LogP contribution in [-0.2, 0) is 13.6 Å². The highest BCUT2D eigenvalue weighted by atomic mass is 16.5. The third kappa shape index (κ3) is 3.00. The van der Waals surface area contributed by atoms with Gasteiger partial charge in [-0.1, -0.05) is 6.07 Å². The molecule has 0 radical (unpaired) electrons. The molecule has 17 heavy (non-hydrogen) atoms. The summed E-state index contributed by atoms with van der Waals surface area (Å²) in [5.41, 5.74) is 1.04. The van der Waals surface area contributed by atoms with E-state index in [4.69, 9.17) is 4.74 Å². The van der Waals surface area contributed by atoms with Gasteiger partial charge in [-0.3, -0.25) is 0 Å². The zero-order valence-electron chi connectivity index (χ0n) is 10.2. The summed E-state index contributed by atoms with van der Waals surface area (Å²) in [6, 6.07) is 7.94. The van der Waals surface area contributed by atoms with Crippen LogP contribution < -0.4 is 10.1 Å². The average Bonchev–Trinajstić information content (AvgIpc) is 2.73. The van der Waals surface area contributed by atoms with Gasteiger partial charge in [0.15, 0.2) is 0 Å². The van der Waals surface area contributed by atoms with Crippen LogP contribution in [-0.4, -0.2) is 16.2 Å². The molecule has 90 valence electrons. The van der Waals surface area contributed by atoms with Crippen molar-refractivity contribution in [1.82, 2.24) is 9.55 Å². The van der Waals surface area contributed by atoms with Gasteiger partial charge in [0.1, 0.15) is 11.6 Å². The Labute approximate surface area is 101 Å². The molecule has 1 heterocycles. The van der Waals surface area contributed by atoms with E-state index in [1.165, 1.54) is 0 Å². The molecule has 0 aliphatic carbocycles. The topological polar surface area (TPSA) is 39.1 Å². The van der Waals surface area contributed by atoms with Crippen molar-refractivity contribution in [1.29, 1.82) is 0 Å². The number of aromatic nitrogens is 2. The summed E-state index contributed by atoms with van der Waals surface area (Å²) in [6.45, 7) is 3.37. The number of rotatable bonds is 5. The maximum atomic E-state index is 5.45. The number of benzene rings is 1. The molecule has 0 bridgehead atoms. The monoisotopic (exact) mass is 231 g/mol. The Morgan fingerprint density at radius 3 is 3.00 bits per heavy atom. The van der Waals surface area contributed by atoms with Gasteiger partial charge in [-0.2, -0.15) is 0 Å². The van der Waals surface area contributed by atoms with E-state index in [1.54, 1.807) is 6.20 Å². The summed E-state index contributed by atoms with van der Waals surface area (Å²) in [5, 5.41) is 3.32. The third-order valence-electron chi connectivity index (χ3n) is 2.52. The van der Waals surface area contributed by atoms with E-state index in [0.717, 1.165) is 17.3 Å². The number of hydrogen-bond acceptors (Lipinski definition) is 3. The molecule has 0 saturated heterocycles. The van der Waals surface area contributed by atoms with Gasteiger partial charge in [-0.15, -0.1) is 0 Å². The zero-order valence-corrected chi connectivity index (χ0v) is 10.2. The van der Waals surface area contributed by atoms with Crippen LogP contribution in [0.4, 0.5) is 5.69 Å². The van der Waals surface area contributed by atoms with Crippen molar-refractivity contribution >= 4 is 5.69 Å². The molecule has 0 atom stereocenters. The van der Waals surface area contributed by atoms with Crippen molar-refractivity contribution in [3.05, 3.63) is 42.5 Å². The Balaban J connectivity index is 1.99. The van der Waals surface area contributed by atoms with E-state index >= 15 is 0 Å². The van der Waals surface area contributed by atoms with Gasteiger partial charge in [-0.25, -0.2) is 4.98 Å². The lowest BCUT2D eigenvalue weighted by Gasteiger charge is -2.08. The Hall–Kier alpha value is -1.97. The van der Waals surface area contributed by atoms with E-state index in [-0.39, 0.29) is 0 Å². The minimum atomic E-state index is 0.683. The molecule has 1 aromatic carbocycles. The molecule has 1 aromatic heterocycles. The molecular formula is C13H17N3O. The van der Waals surface area contributed by atoms with Crippen molar-refractivity contribution in [3.63, 3.8) is 0 Å². The number of ether oxygens (including phenoxy) is 1. The summed E-state index contributed by atoms with van der Waals surface area (Å²) in [6.07, 6.45) is 3.74. The molecular weight excluding hydrogens is 214 g/mol. The maximum Gasteiger partial charge on any atom is 0.127 e. The number of nitrogens with one attached hydrogen (secondary N) is 1. The van der Waals surface area contributed by atoms with Crippen LogP contribution in [0, 0.1) is 0 Å². The average molecular weight is 231 g/mol. The highest BCUT2D eigenvalue weighted by molar-refractivity contribution is 5.48. The molecule has 0 amide bonds.